The molecule has 0 unspecified atom stereocenters. The highest BCUT2D eigenvalue weighted by atomic mass is 16.7. The summed E-state index contributed by atoms with van der Waals surface area (Å²) >= 11 is 0. The van der Waals surface area contributed by atoms with Crippen molar-refractivity contribution in [1.82, 2.24) is 0 Å². The summed E-state index contributed by atoms with van der Waals surface area (Å²) < 4.78 is 10.4. The second kappa shape index (κ2) is 4.57. The number of rotatable bonds is 3. The fraction of sp³-hybridized carbons (Fsp3) is 0.385. The van der Waals surface area contributed by atoms with Crippen molar-refractivity contribution in [3.63, 3.8) is 0 Å². The Hall–Kier alpha value is -1.84. The summed E-state index contributed by atoms with van der Waals surface area (Å²) in [6.45, 7) is 1.83. The summed E-state index contributed by atoms with van der Waals surface area (Å²) in [5, 5.41) is 0. The van der Waals surface area contributed by atoms with Gasteiger partial charge in [0.25, 0.3) is 5.79 Å². The van der Waals surface area contributed by atoms with Gasteiger partial charge in [0.1, 0.15) is 6.42 Å². The van der Waals surface area contributed by atoms with Crippen LogP contribution in [0, 0.1) is 0 Å². The van der Waals surface area contributed by atoms with Crippen LogP contribution in [0.3, 0.4) is 0 Å². The molecule has 2 rings (SSSR count). The van der Waals surface area contributed by atoms with Crippen LogP contribution in [0.1, 0.15) is 25.3 Å². The van der Waals surface area contributed by atoms with Gasteiger partial charge in [-0.2, -0.15) is 0 Å². The van der Waals surface area contributed by atoms with Gasteiger partial charge < -0.3 is 9.47 Å². The number of cyclic esters (lactones) is 2. The zero-order chi connectivity index (χ0) is 12.3. The molecule has 0 N–H and O–H groups in total. The van der Waals surface area contributed by atoms with Gasteiger partial charge in [0.05, 0.1) is 6.42 Å². The lowest BCUT2D eigenvalue weighted by Crippen LogP contribution is -2.46. The molecule has 0 aromatic heterocycles. The number of hydrogen-bond acceptors (Lipinski definition) is 4. The maximum absolute atomic E-state index is 11.3. The summed E-state index contributed by atoms with van der Waals surface area (Å²) in [5.74, 6) is -2.16. The van der Waals surface area contributed by atoms with E-state index in [0.717, 1.165) is 5.56 Å². The molecule has 17 heavy (non-hydrogen) atoms. The van der Waals surface area contributed by atoms with Crippen LogP contribution in [-0.2, 0) is 25.5 Å². The van der Waals surface area contributed by atoms with Gasteiger partial charge in [-0.05, 0) is 5.56 Å². The van der Waals surface area contributed by atoms with Crippen LogP contribution in [-0.4, -0.2) is 17.7 Å². The molecule has 90 valence electrons. The molecule has 1 fully saturated rings. The highest BCUT2D eigenvalue weighted by Gasteiger charge is 2.41. The molecular weight excluding hydrogens is 220 g/mol. The minimum atomic E-state index is -1.13. The Labute approximate surface area is 99.5 Å². The monoisotopic (exact) mass is 234 g/mol. The van der Waals surface area contributed by atoms with Crippen LogP contribution in [0.5, 0.6) is 0 Å². The smallest absolute Gasteiger partial charge is 0.320 e. The molecule has 0 aliphatic carbocycles. The van der Waals surface area contributed by atoms with Crippen molar-refractivity contribution in [2.75, 3.05) is 0 Å². The van der Waals surface area contributed by atoms with Gasteiger partial charge in [-0.25, -0.2) is 0 Å². The van der Waals surface area contributed by atoms with Crippen molar-refractivity contribution in [1.29, 1.82) is 0 Å². The SMILES string of the molecule is CCC1(Cc2ccccc2)OC(=O)CC(=O)O1. The molecule has 0 spiro atoms. The molecule has 0 bridgehead atoms. The highest BCUT2D eigenvalue weighted by molar-refractivity contribution is 5.93. The summed E-state index contributed by atoms with van der Waals surface area (Å²) in [5.41, 5.74) is 0.969. The van der Waals surface area contributed by atoms with Gasteiger partial charge in [-0.15, -0.1) is 0 Å². The fourth-order valence-corrected chi connectivity index (χ4v) is 1.87. The van der Waals surface area contributed by atoms with Crippen molar-refractivity contribution in [3.8, 4) is 0 Å². The zero-order valence-electron chi connectivity index (χ0n) is 9.64. The summed E-state index contributed by atoms with van der Waals surface area (Å²) in [7, 11) is 0. The Morgan fingerprint density at radius 2 is 1.71 bits per heavy atom. The molecule has 4 heteroatoms. The molecule has 0 atom stereocenters. The van der Waals surface area contributed by atoms with Crippen LogP contribution < -0.4 is 0 Å². The maximum Gasteiger partial charge on any atom is 0.320 e. The van der Waals surface area contributed by atoms with Gasteiger partial charge in [-0.3, -0.25) is 9.59 Å². The first-order valence-corrected chi connectivity index (χ1v) is 5.61. The number of benzene rings is 1. The van der Waals surface area contributed by atoms with Crippen LogP contribution in [0.15, 0.2) is 30.3 Å². The van der Waals surface area contributed by atoms with E-state index < -0.39 is 17.7 Å². The normalized spacial score (nSPS) is 18.4. The Morgan fingerprint density at radius 1 is 1.12 bits per heavy atom. The standard InChI is InChI=1S/C13H14O4/c1-2-13(9-10-6-4-3-5-7-10)16-11(14)8-12(15)17-13/h3-7H,2,8-9H2,1H3. The number of carbonyl (C=O) groups is 2. The zero-order valence-corrected chi connectivity index (χ0v) is 9.64. The molecular formula is C13H14O4. The molecule has 1 aromatic carbocycles. The van der Waals surface area contributed by atoms with E-state index in [1.54, 1.807) is 0 Å². The van der Waals surface area contributed by atoms with E-state index in [9.17, 15) is 9.59 Å². The lowest BCUT2D eigenvalue weighted by Gasteiger charge is -2.35. The molecule has 0 radical (unpaired) electrons. The van der Waals surface area contributed by atoms with Gasteiger partial charge in [0, 0.05) is 6.42 Å². The predicted octanol–water partition coefficient (Wildman–Crippen LogP) is 1.83. The average Bonchev–Trinajstić information content (AvgIpc) is 2.29. The van der Waals surface area contributed by atoms with E-state index in [4.69, 9.17) is 9.47 Å². The van der Waals surface area contributed by atoms with Gasteiger partial charge in [0.15, 0.2) is 0 Å². The van der Waals surface area contributed by atoms with Crippen molar-refractivity contribution >= 4 is 11.9 Å². The van der Waals surface area contributed by atoms with E-state index in [-0.39, 0.29) is 6.42 Å². The van der Waals surface area contributed by atoms with E-state index in [1.165, 1.54) is 0 Å². The third-order valence-electron chi connectivity index (χ3n) is 2.74. The van der Waals surface area contributed by atoms with Crippen LogP contribution in [0.25, 0.3) is 0 Å². The van der Waals surface area contributed by atoms with Crippen molar-refractivity contribution in [3.05, 3.63) is 35.9 Å². The highest BCUT2D eigenvalue weighted by Crippen LogP contribution is 2.28. The number of ether oxygens (including phenoxy) is 2. The Kier molecular flexibility index (Phi) is 3.13. The Morgan fingerprint density at radius 3 is 2.24 bits per heavy atom. The molecule has 1 aliphatic rings. The quantitative estimate of drug-likeness (QED) is 0.591. The molecule has 1 heterocycles. The Balaban J connectivity index is 2.19. The summed E-state index contributed by atoms with van der Waals surface area (Å²) in [4.78, 5) is 22.6. The summed E-state index contributed by atoms with van der Waals surface area (Å²) in [6.07, 6.45) is 0.539. The van der Waals surface area contributed by atoms with Crippen molar-refractivity contribution in [2.45, 2.75) is 32.0 Å². The molecule has 4 nitrogen and oxygen atoms in total. The van der Waals surface area contributed by atoms with E-state index in [0.29, 0.717) is 12.8 Å². The van der Waals surface area contributed by atoms with Gasteiger partial charge >= 0.3 is 11.9 Å². The second-order valence-corrected chi connectivity index (χ2v) is 4.05. The molecule has 0 amide bonds. The van der Waals surface area contributed by atoms with Crippen LogP contribution in [0.2, 0.25) is 0 Å². The Bertz CT molecular complexity index is 408. The molecule has 0 saturated carbocycles. The lowest BCUT2D eigenvalue weighted by atomic mass is 10.0. The topological polar surface area (TPSA) is 52.6 Å². The first kappa shape index (κ1) is 11.6. The first-order valence-electron chi connectivity index (χ1n) is 5.61. The second-order valence-electron chi connectivity index (χ2n) is 4.05. The fourth-order valence-electron chi connectivity index (χ4n) is 1.87. The van der Waals surface area contributed by atoms with Gasteiger partial charge in [0.2, 0.25) is 0 Å². The van der Waals surface area contributed by atoms with Crippen LogP contribution in [0.4, 0.5) is 0 Å². The molecule has 1 aliphatic heterocycles. The van der Waals surface area contributed by atoms with E-state index in [1.807, 2.05) is 37.3 Å². The third-order valence-corrected chi connectivity index (χ3v) is 2.74. The number of carbonyl (C=O) groups excluding carboxylic acids is 2. The third kappa shape index (κ3) is 2.64. The minimum absolute atomic E-state index is 0.295. The lowest BCUT2D eigenvalue weighted by molar-refractivity contribution is -0.244. The van der Waals surface area contributed by atoms with Gasteiger partial charge in [-0.1, -0.05) is 37.3 Å². The maximum atomic E-state index is 11.3. The summed E-state index contributed by atoms with van der Waals surface area (Å²) in [6, 6.07) is 9.51. The van der Waals surface area contributed by atoms with Crippen molar-refractivity contribution < 1.29 is 19.1 Å². The number of hydrogen-bond donors (Lipinski definition) is 0. The largest absolute Gasteiger partial charge is 0.422 e. The van der Waals surface area contributed by atoms with E-state index >= 15 is 0 Å². The minimum Gasteiger partial charge on any atom is -0.422 e. The first-order chi connectivity index (χ1) is 8.13. The predicted molar refractivity (Wildman–Crippen MR) is 60.0 cm³/mol. The average molecular weight is 234 g/mol. The van der Waals surface area contributed by atoms with Crippen LogP contribution >= 0.6 is 0 Å². The number of esters is 2. The molecule has 1 saturated heterocycles. The van der Waals surface area contributed by atoms with Crippen molar-refractivity contribution in [2.24, 2.45) is 0 Å². The van der Waals surface area contributed by atoms with E-state index in [2.05, 4.69) is 0 Å². The molecule has 1 aromatic rings.